The molecule has 3 heterocycles. The number of carbonyl (C=O) groups excluding carboxylic acids is 4. The van der Waals surface area contributed by atoms with Gasteiger partial charge in [0.1, 0.15) is 11.5 Å². The molecule has 1 fully saturated rings. The van der Waals surface area contributed by atoms with Gasteiger partial charge in [-0.15, -0.1) is 0 Å². The van der Waals surface area contributed by atoms with Crippen LogP contribution in [0.25, 0.3) is 11.0 Å². The number of rotatable bonds is 11. The first-order valence-electron chi connectivity index (χ1n) is 13.4. The second-order valence-electron chi connectivity index (χ2n) is 9.91. The number of nitrogens with zero attached hydrogens (tertiary/aromatic N) is 2. The predicted octanol–water partition coefficient (Wildman–Crippen LogP) is 6.13. The minimum atomic E-state index is -1.41. The Hall–Kier alpha value is -4.31. The molecule has 2 unspecified atom stereocenters. The molecule has 10 heteroatoms. The molecule has 0 aliphatic carbocycles. The van der Waals surface area contributed by atoms with Gasteiger partial charge in [0, 0.05) is 12.3 Å². The SMILES string of the molecule is CCCCCOc1ccc(C2C(C(=O)c3cc4ccccc4o3)C(=O)C(=O)N2c2nc(C)c(C(C)=O)s2)cc1OC. The lowest BCUT2D eigenvalue weighted by atomic mass is 9.88. The Kier molecular flexibility index (Phi) is 8.03. The number of hydrogen-bond acceptors (Lipinski definition) is 9. The third-order valence-electron chi connectivity index (χ3n) is 7.10. The van der Waals surface area contributed by atoms with E-state index in [-0.39, 0.29) is 16.7 Å². The van der Waals surface area contributed by atoms with Gasteiger partial charge < -0.3 is 13.9 Å². The number of carbonyl (C=O) groups is 4. The summed E-state index contributed by atoms with van der Waals surface area (Å²) in [6.07, 6.45) is 2.97. The van der Waals surface area contributed by atoms with E-state index in [0.717, 1.165) is 30.6 Å². The number of para-hydroxylation sites is 1. The zero-order valence-corrected chi connectivity index (χ0v) is 24.1. The molecule has 0 spiro atoms. The molecule has 2 atom stereocenters. The summed E-state index contributed by atoms with van der Waals surface area (Å²) in [7, 11) is 1.50. The number of aryl methyl sites for hydroxylation is 1. The van der Waals surface area contributed by atoms with Gasteiger partial charge in [0.2, 0.25) is 11.6 Å². The lowest BCUT2D eigenvalue weighted by Crippen LogP contribution is -2.30. The summed E-state index contributed by atoms with van der Waals surface area (Å²) >= 11 is 1.01. The van der Waals surface area contributed by atoms with Crippen LogP contribution in [0, 0.1) is 12.8 Å². The number of ether oxygens (including phenoxy) is 2. The van der Waals surface area contributed by atoms with Crippen molar-refractivity contribution in [3.8, 4) is 11.5 Å². The highest BCUT2D eigenvalue weighted by Gasteiger charge is 2.54. The Morgan fingerprint density at radius 2 is 1.85 bits per heavy atom. The van der Waals surface area contributed by atoms with E-state index < -0.39 is 29.4 Å². The molecule has 0 saturated carbocycles. The number of Topliss-reactive ketones (excluding diaryl/α,β-unsaturated/α-hetero) is 3. The van der Waals surface area contributed by atoms with E-state index in [1.807, 2.05) is 6.07 Å². The largest absolute Gasteiger partial charge is 0.493 e. The standard InChI is InChI=1S/C31H30N2O7S/c1-5-6-9-14-39-22-13-12-20(16-23(22)38-4)26-25(27(35)24-15-19-10-7-8-11-21(19)40-24)28(36)30(37)33(26)31-32-17(2)29(41-31)18(3)34/h7-8,10-13,15-16,25-26H,5-6,9,14H2,1-4H3. The van der Waals surface area contributed by atoms with Crippen molar-refractivity contribution in [2.45, 2.75) is 46.1 Å². The molecule has 41 heavy (non-hydrogen) atoms. The first kappa shape index (κ1) is 28.2. The lowest BCUT2D eigenvalue weighted by molar-refractivity contribution is -0.135. The maximum atomic E-state index is 13.9. The maximum absolute atomic E-state index is 13.9. The lowest BCUT2D eigenvalue weighted by Gasteiger charge is -2.25. The van der Waals surface area contributed by atoms with Crippen molar-refractivity contribution in [3.05, 3.63) is 70.4 Å². The Morgan fingerprint density at radius 3 is 2.54 bits per heavy atom. The van der Waals surface area contributed by atoms with Crippen LogP contribution in [0.15, 0.2) is 52.9 Å². The molecule has 1 aliphatic heterocycles. The summed E-state index contributed by atoms with van der Waals surface area (Å²) in [5.74, 6) is -3.10. The van der Waals surface area contributed by atoms with Crippen LogP contribution in [0.1, 0.15) is 70.6 Å². The smallest absolute Gasteiger partial charge is 0.297 e. The van der Waals surface area contributed by atoms with Gasteiger partial charge in [0.25, 0.3) is 5.91 Å². The molecule has 212 valence electrons. The normalized spacial score (nSPS) is 16.9. The number of unbranched alkanes of at least 4 members (excludes halogenated alkanes) is 2. The van der Waals surface area contributed by atoms with Gasteiger partial charge in [0.05, 0.1) is 30.3 Å². The van der Waals surface area contributed by atoms with Crippen molar-refractivity contribution < 1.29 is 33.1 Å². The van der Waals surface area contributed by atoms with E-state index in [0.29, 0.717) is 45.2 Å². The number of benzene rings is 2. The fourth-order valence-corrected chi connectivity index (χ4v) is 6.07. The minimum Gasteiger partial charge on any atom is -0.493 e. The van der Waals surface area contributed by atoms with Crippen LogP contribution < -0.4 is 14.4 Å². The van der Waals surface area contributed by atoms with Gasteiger partial charge in [0.15, 0.2) is 28.2 Å². The summed E-state index contributed by atoms with van der Waals surface area (Å²) in [5, 5.41) is 0.865. The van der Waals surface area contributed by atoms with Crippen molar-refractivity contribution in [1.82, 2.24) is 4.98 Å². The van der Waals surface area contributed by atoms with E-state index in [2.05, 4.69) is 11.9 Å². The fraction of sp³-hybridized carbons (Fsp3) is 0.323. The molecular weight excluding hydrogens is 544 g/mol. The number of thiazole rings is 1. The third kappa shape index (κ3) is 5.27. The summed E-state index contributed by atoms with van der Waals surface area (Å²) in [5.41, 5.74) is 1.42. The molecule has 0 N–H and O–H groups in total. The van der Waals surface area contributed by atoms with Gasteiger partial charge in [-0.1, -0.05) is 55.4 Å². The highest BCUT2D eigenvalue weighted by molar-refractivity contribution is 7.18. The highest BCUT2D eigenvalue weighted by atomic mass is 32.1. The summed E-state index contributed by atoms with van der Waals surface area (Å²) in [6.45, 7) is 5.70. The first-order valence-corrected chi connectivity index (χ1v) is 14.3. The number of anilines is 1. The number of hydrogen-bond donors (Lipinski definition) is 0. The average Bonchev–Trinajstić information content (AvgIpc) is 3.64. The number of methoxy groups -OCH3 is 1. The quantitative estimate of drug-likeness (QED) is 0.0909. The van der Waals surface area contributed by atoms with Crippen molar-refractivity contribution in [1.29, 1.82) is 0 Å². The van der Waals surface area contributed by atoms with Crippen LogP contribution in [0.3, 0.4) is 0 Å². The molecule has 0 bridgehead atoms. The van der Waals surface area contributed by atoms with Crippen molar-refractivity contribution in [2.75, 3.05) is 18.6 Å². The van der Waals surface area contributed by atoms with Crippen LogP contribution in [-0.2, 0) is 9.59 Å². The van der Waals surface area contributed by atoms with Crippen LogP contribution in [0.2, 0.25) is 0 Å². The van der Waals surface area contributed by atoms with Gasteiger partial charge in [-0.25, -0.2) is 4.98 Å². The van der Waals surface area contributed by atoms with Crippen molar-refractivity contribution in [3.63, 3.8) is 0 Å². The van der Waals surface area contributed by atoms with Crippen LogP contribution in [0.5, 0.6) is 11.5 Å². The Labute approximate surface area is 241 Å². The number of furan rings is 1. The predicted molar refractivity (Wildman–Crippen MR) is 154 cm³/mol. The van der Waals surface area contributed by atoms with Crippen molar-refractivity contribution in [2.24, 2.45) is 5.92 Å². The Balaban J connectivity index is 1.60. The fourth-order valence-electron chi connectivity index (χ4n) is 5.07. The number of aromatic nitrogens is 1. The number of fused-ring (bicyclic) bond motifs is 1. The topological polar surface area (TPSA) is 116 Å². The molecule has 1 saturated heterocycles. The molecular formula is C31H30N2O7S. The monoisotopic (exact) mass is 574 g/mol. The number of amides is 1. The van der Waals surface area contributed by atoms with Crippen LogP contribution in [-0.4, -0.2) is 42.0 Å². The summed E-state index contributed by atoms with van der Waals surface area (Å²) in [6, 6.07) is 12.7. The third-order valence-corrected chi connectivity index (χ3v) is 8.36. The minimum absolute atomic E-state index is 0.0215. The molecule has 5 rings (SSSR count). The Morgan fingerprint density at radius 1 is 1.07 bits per heavy atom. The second-order valence-corrected chi connectivity index (χ2v) is 10.9. The molecule has 2 aromatic heterocycles. The van der Waals surface area contributed by atoms with Crippen LogP contribution >= 0.6 is 11.3 Å². The maximum Gasteiger partial charge on any atom is 0.297 e. The Bertz CT molecular complexity index is 1620. The first-order chi connectivity index (χ1) is 19.7. The van der Waals surface area contributed by atoms with E-state index in [1.165, 1.54) is 18.9 Å². The van der Waals surface area contributed by atoms with E-state index in [4.69, 9.17) is 13.9 Å². The molecule has 4 aromatic rings. The highest BCUT2D eigenvalue weighted by Crippen LogP contribution is 2.45. The van der Waals surface area contributed by atoms with Gasteiger partial charge in [-0.2, -0.15) is 0 Å². The van der Waals surface area contributed by atoms with Gasteiger partial charge in [-0.3, -0.25) is 24.1 Å². The van der Waals surface area contributed by atoms with Crippen molar-refractivity contribution >= 4 is 50.7 Å². The zero-order valence-electron chi connectivity index (χ0n) is 23.3. The van der Waals surface area contributed by atoms with E-state index >= 15 is 0 Å². The molecule has 1 amide bonds. The van der Waals surface area contributed by atoms with Crippen LogP contribution in [0.4, 0.5) is 5.13 Å². The molecule has 2 aromatic carbocycles. The van der Waals surface area contributed by atoms with Gasteiger partial charge in [-0.05, 0) is 43.2 Å². The van der Waals surface area contributed by atoms with Gasteiger partial charge >= 0.3 is 0 Å². The molecule has 1 aliphatic rings. The molecule has 0 radical (unpaired) electrons. The van der Waals surface area contributed by atoms with E-state index in [9.17, 15) is 19.2 Å². The summed E-state index contributed by atoms with van der Waals surface area (Å²) < 4.78 is 17.3. The molecule has 9 nitrogen and oxygen atoms in total. The average molecular weight is 575 g/mol. The second kappa shape index (κ2) is 11.7. The summed E-state index contributed by atoms with van der Waals surface area (Å²) in [4.78, 5) is 59.2. The van der Waals surface area contributed by atoms with E-state index in [1.54, 1.807) is 49.4 Å². The number of ketones is 3. The zero-order chi connectivity index (χ0) is 29.3.